The summed E-state index contributed by atoms with van der Waals surface area (Å²) in [6.07, 6.45) is 7.21. The van der Waals surface area contributed by atoms with Gasteiger partial charge in [-0.05, 0) is 40.7 Å². The SMILES string of the molecule is C[C@H]1Cc2ccccc2C=C1c1cccnc1. The lowest BCUT2D eigenvalue weighted by Gasteiger charge is -2.23. The summed E-state index contributed by atoms with van der Waals surface area (Å²) in [7, 11) is 0. The quantitative estimate of drug-likeness (QED) is 0.713. The monoisotopic (exact) mass is 221 g/mol. The van der Waals surface area contributed by atoms with Gasteiger partial charge in [-0.15, -0.1) is 0 Å². The molecular weight excluding hydrogens is 206 g/mol. The van der Waals surface area contributed by atoms with Crippen molar-refractivity contribution in [3.05, 3.63) is 65.5 Å². The Balaban J connectivity index is 2.10. The first-order valence-corrected chi connectivity index (χ1v) is 6.04. The molecule has 0 amide bonds. The summed E-state index contributed by atoms with van der Waals surface area (Å²) in [5.74, 6) is 0.564. The van der Waals surface area contributed by atoms with Gasteiger partial charge in [0, 0.05) is 12.4 Å². The van der Waals surface area contributed by atoms with Crippen molar-refractivity contribution < 1.29 is 0 Å². The predicted octanol–water partition coefficient (Wildman–Crippen LogP) is 3.81. The largest absolute Gasteiger partial charge is 0.264 e. The highest BCUT2D eigenvalue weighted by Crippen LogP contribution is 2.33. The smallest absolute Gasteiger partial charge is 0.0343 e. The van der Waals surface area contributed by atoms with Gasteiger partial charge in [0.1, 0.15) is 0 Å². The summed E-state index contributed by atoms with van der Waals surface area (Å²) in [6, 6.07) is 12.8. The van der Waals surface area contributed by atoms with Gasteiger partial charge in [-0.25, -0.2) is 0 Å². The predicted molar refractivity (Wildman–Crippen MR) is 71.4 cm³/mol. The van der Waals surface area contributed by atoms with E-state index < -0.39 is 0 Å². The van der Waals surface area contributed by atoms with Crippen LogP contribution in [0.4, 0.5) is 0 Å². The van der Waals surface area contributed by atoms with Crippen LogP contribution in [-0.4, -0.2) is 4.98 Å². The van der Waals surface area contributed by atoms with Gasteiger partial charge in [0.15, 0.2) is 0 Å². The molecular formula is C16H15N. The van der Waals surface area contributed by atoms with E-state index >= 15 is 0 Å². The Morgan fingerprint density at radius 2 is 2.00 bits per heavy atom. The maximum Gasteiger partial charge on any atom is 0.0343 e. The molecule has 1 aliphatic carbocycles. The Labute approximate surface area is 102 Å². The van der Waals surface area contributed by atoms with Crippen molar-refractivity contribution in [3.63, 3.8) is 0 Å². The number of hydrogen-bond acceptors (Lipinski definition) is 1. The van der Waals surface area contributed by atoms with Gasteiger partial charge >= 0.3 is 0 Å². The molecule has 2 aromatic rings. The zero-order valence-corrected chi connectivity index (χ0v) is 9.93. The van der Waals surface area contributed by atoms with Crippen LogP contribution in [0.2, 0.25) is 0 Å². The molecule has 0 bridgehead atoms. The Hall–Kier alpha value is -1.89. The highest BCUT2D eigenvalue weighted by atomic mass is 14.6. The number of benzene rings is 1. The summed E-state index contributed by atoms with van der Waals surface area (Å²) in [5, 5.41) is 0. The van der Waals surface area contributed by atoms with Gasteiger partial charge in [0.2, 0.25) is 0 Å². The number of allylic oxidation sites excluding steroid dienone is 1. The Morgan fingerprint density at radius 1 is 1.12 bits per heavy atom. The average Bonchev–Trinajstić information content (AvgIpc) is 2.39. The molecule has 1 aliphatic rings. The second-order valence-electron chi connectivity index (χ2n) is 4.65. The van der Waals surface area contributed by atoms with Crippen molar-refractivity contribution in [2.24, 2.45) is 5.92 Å². The Morgan fingerprint density at radius 3 is 2.82 bits per heavy atom. The molecule has 1 aromatic heterocycles. The van der Waals surface area contributed by atoms with Crippen molar-refractivity contribution in [1.82, 2.24) is 4.98 Å². The summed E-state index contributed by atoms with van der Waals surface area (Å²) in [5.41, 5.74) is 5.45. The zero-order chi connectivity index (χ0) is 11.7. The maximum absolute atomic E-state index is 4.21. The second kappa shape index (κ2) is 4.17. The number of hydrogen-bond donors (Lipinski definition) is 0. The molecule has 0 aliphatic heterocycles. The number of aromatic nitrogens is 1. The lowest BCUT2D eigenvalue weighted by Crippen LogP contribution is -2.09. The molecule has 1 nitrogen and oxygen atoms in total. The fourth-order valence-corrected chi connectivity index (χ4v) is 2.51. The fourth-order valence-electron chi connectivity index (χ4n) is 2.51. The van der Waals surface area contributed by atoms with E-state index in [1.807, 2.05) is 18.5 Å². The van der Waals surface area contributed by atoms with Crippen molar-refractivity contribution in [3.8, 4) is 0 Å². The van der Waals surface area contributed by atoms with Crippen molar-refractivity contribution in [2.75, 3.05) is 0 Å². The van der Waals surface area contributed by atoms with Crippen LogP contribution >= 0.6 is 0 Å². The standard InChI is InChI=1S/C16H15N/c1-12-9-13-5-2-3-6-14(13)10-16(12)15-7-4-8-17-11-15/h2-8,10-12H,9H2,1H3/t12-/m0/s1. The molecule has 84 valence electrons. The highest BCUT2D eigenvalue weighted by molar-refractivity contribution is 5.85. The van der Waals surface area contributed by atoms with Gasteiger partial charge in [-0.1, -0.05) is 43.3 Å². The molecule has 0 N–H and O–H groups in total. The third kappa shape index (κ3) is 1.89. The van der Waals surface area contributed by atoms with E-state index in [0.29, 0.717) is 5.92 Å². The van der Waals surface area contributed by atoms with Gasteiger partial charge < -0.3 is 0 Å². The van der Waals surface area contributed by atoms with Crippen LogP contribution in [0.1, 0.15) is 23.6 Å². The zero-order valence-electron chi connectivity index (χ0n) is 9.93. The second-order valence-corrected chi connectivity index (χ2v) is 4.65. The minimum Gasteiger partial charge on any atom is -0.264 e. The lowest BCUT2D eigenvalue weighted by molar-refractivity contribution is 0.737. The Bertz CT molecular complexity index is 555. The molecule has 17 heavy (non-hydrogen) atoms. The van der Waals surface area contributed by atoms with Gasteiger partial charge in [-0.2, -0.15) is 0 Å². The third-order valence-corrected chi connectivity index (χ3v) is 3.42. The van der Waals surface area contributed by atoms with E-state index in [1.165, 1.54) is 22.3 Å². The molecule has 0 saturated carbocycles. The van der Waals surface area contributed by atoms with Crippen molar-refractivity contribution in [2.45, 2.75) is 13.3 Å². The maximum atomic E-state index is 4.21. The summed E-state index contributed by atoms with van der Waals surface area (Å²) in [4.78, 5) is 4.21. The van der Waals surface area contributed by atoms with Crippen LogP contribution in [0, 0.1) is 5.92 Å². The molecule has 1 aromatic carbocycles. The van der Waals surface area contributed by atoms with Crippen molar-refractivity contribution in [1.29, 1.82) is 0 Å². The van der Waals surface area contributed by atoms with E-state index in [4.69, 9.17) is 0 Å². The van der Waals surface area contributed by atoms with Crippen LogP contribution in [0.3, 0.4) is 0 Å². The highest BCUT2D eigenvalue weighted by Gasteiger charge is 2.18. The van der Waals surface area contributed by atoms with Gasteiger partial charge in [-0.3, -0.25) is 4.98 Å². The fraction of sp³-hybridized carbons (Fsp3) is 0.188. The summed E-state index contributed by atoms with van der Waals surface area (Å²) >= 11 is 0. The van der Waals surface area contributed by atoms with E-state index in [-0.39, 0.29) is 0 Å². The van der Waals surface area contributed by atoms with Crippen LogP contribution in [-0.2, 0) is 6.42 Å². The van der Waals surface area contributed by atoms with Gasteiger partial charge in [0.25, 0.3) is 0 Å². The summed E-state index contributed by atoms with van der Waals surface area (Å²) in [6.45, 7) is 2.29. The van der Waals surface area contributed by atoms with Crippen molar-refractivity contribution >= 4 is 11.6 Å². The molecule has 0 radical (unpaired) electrons. The molecule has 0 saturated heterocycles. The molecule has 3 rings (SSSR count). The molecule has 1 heteroatoms. The van der Waals surface area contributed by atoms with Crippen LogP contribution in [0.5, 0.6) is 0 Å². The number of pyridine rings is 1. The number of rotatable bonds is 1. The van der Waals surface area contributed by atoms with Crippen LogP contribution in [0.25, 0.3) is 11.6 Å². The van der Waals surface area contributed by atoms with Crippen LogP contribution in [0.15, 0.2) is 48.8 Å². The first kappa shape index (κ1) is 10.3. The molecule has 0 spiro atoms. The molecule has 0 fully saturated rings. The first-order chi connectivity index (χ1) is 8.34. The van der Waals surface area contributed by atoms with E-state index in [1.54, 1.807) is 0 Å². The molecule has 1 atom stereocenters. The van der Waals surface area contributed by atoms with E-state index in [2.05, 4.69) is 48.3 Å². The minimum atomic E-state index is 0.564. The normalized spacial score (nSPS) is 18.4. The topological polar surface area (TPSA) is 12.9 Å². The van der Waals surface area contributed by atoms with Gasteiger partial charge in [0.05, 0.1) is 0 Å². The Kier molecular flexibility index (Phi) is 2.52. The molecule has 0 unspecified atom stereocenters. The van der Waals surface area contributed by atoms with Crippen LogP contribution < -0.4 is 0 Å². The summed E-state index contributed by atoms with van der Waals surface area (Å²) < 4.78 is 0. The first-order valence-electron chi connectivity index (χ1n) is 6.04. The number of nitrogens with zero attached hydrogens (tertiary/aromatic N) is 1. The number of fused-ring (bicyclic) bond motifs is 1. The molecule has 1 heterocycles. The van der Waals surface area contributed by atoms with E-state index in [0.717, 1.165) is 6.42 Å². The average molecular weight is 221 g/mol. The van der Waals surface area contributed by atoms with E-state index in [9.17, 15) is 0 Å². The third-order valence-electron chi connectivity index (χ3n) is 3.42. The lowest BCUT2D eigenvalue weighted by atomic mass is 9.82. The minimum absolute atomic E-state index is 0.564.